The van der Waals surface area contributed by atoms with E-state index >= 15 is 0 Å². The summed E-state index contributed by atoms with van der Waals surface area (Å²) in [7, 11) is 2.05. The Morgan fingerprint density at radius 2 is 2.15 bits per heavy atom. The van der Waals surface area contributed by atoms with Gasteiger partial charge in [-0.1, -0.05) is 12.8 Å². The molecular formula is C20H28N6. The molecule has 6 heteroatoms. The van der Waals surface area contributed by atoms with Crippen molar-refractivity contribution in [3.63, 3.8) is 0 Å². The van der Waals surface area contributed by atoms with E-state index in [1.54, 1.807) is 0 Å². The molecule has 138 valence electrons. The number of H-pyrrole nitrogens is 1. The van der Waals surface area contributed by atoms with Gasteiger partial charge in [-0.2, -0.15) is 5.10 Å². The second-order valence-corrected chi connectivity index (χ2v) is 8.54. The molecular weight excluding hydrogens is 324 g/mol. The van der Waals surface area contributed by atoms with Crippen LogP contribution in [0.5, 0.6) is 0 Å². The maximum absolute atomic E-state index is 4.87. The fourth-order valence-corrected chi connectivity index (χ4v) is 5.31. The monoisotopic (exact) mass is 352 g/mol. The van der Waals surface area contributed by atoms with Gasteiger partial charge in [0.2, 0.25) is 5.95 Å². The molecule has 0 unspecified atom stereocenters. The molecule has 2 aromatic rings. The van der Waals surface area contributed by atoms with Crippen LogP contribution in [0.3, 0.4) is 0 Å². The number of hydrogen-bond donors (Lipinski definition) is 2. The fourth-order valence-electron chi connectivity index (χ4n) is 5.31. The molecule has 2 saturated carbocycles. The largest absolute Gasteiger partial charge is 0.337 e. The van der Waals surface area contributed by atoms with Gasteiger partial charge in [0, 0.05) is 48.8 Å². The Kier molecular flexibility index (Phi) is 3.96. The van der Waals surface area contributed by atoms with Gasteiger partial charge in [-0.25, -0.2) is 9.97 Å². The van der Waals surface area contributed by atoms with Crippen LogP contribution in [-0.4, -0.2) is 46.3 Å². The van der Waals surface area contributed by atoms with E-state index in [1.807, 2.05) is 19.3 Å². The summed E-state index contributed by atoms with van der Waals surface area (Å²) in [6, 6.07) is 4.90. The summed E-state index contributed by atoms with van der Waals surface area (Å²) in [5.41, 5.74) is 3.91. The van der Waals surface area contributed by atoms with Gasteiger partial charge in [-0.05, 0) is 44.9 Å². The lowest BCUT2D eigenvalue weighted by Gasteiger charge is -2.36. The molecule has 0 spiro atoms. The lowest BCUT2D eigenvalue weighted by atomic mass is 9.70. The lowest BCUT2D eigenvalue weighted by molar-refractivity contribution is 0.196. The predicted octanol–water partition coefficient (Wildman–Crippen LogP) is 2.64. The molecule has 0 atom stereocenters. The third-order valence-electron chi connectivity index (χ3n) is 6.59. The number of rotatable bonds is 6. The number of hydrogen-bond acceptors (Lipinski definition) is 5. The van der Waals surface area contributed by atoms with Crippen molar-refractivity contribution < 1.29 is 0 Å². The third-order valence-corrected chi connectivity index (χ3v) is 6.59. The average molecular weight is 352 g/mol. The number of nitrogens with one attached hydrogen (secondary N) is 2. The molecule has 2 aromatic heterocycles. The van der Waals surface area contributed by atoms with E-state index in [1.165, 1.54) is 44.2 Å². The van der Waals surface area contributed by atoms with Gasteiger partial charge in [0.15, 0.2) is 0 Å². The molecule has 2 N–H and O–H groups in total. The van der Waals surface area contributed by atoms with Gasteiger partial charge >= 0.3 is 0 Å². The van der Waals surface area contributed by atoms with Crippen LogP contribution in [0, 0.1) is 5.41 Å². The third kappa shape index (κ3) is 2.80. The van der Waals surface area contributed by atoms with E-state index in [-0.39, 0.29) is 0 Å². The molecule has 26 heavy (non-hydrogen) atoms. The van der Waals surface area contributed by atoms with Crippen LogP contribution in [0.2, 0.25) is 0 Å². The predicted molar refractivity (Wildman–Crippen MR) is 101 cm³/mol. The SMILES string of the molecule is CNCC12CC(C1)N(c1nccc(Cc3cc(C4CCCC4)n[nH]3)n1)C2. The van der Waals surface area contributed by atoms with E-state index in [9.17, 15) is 0 Å². The van der Waals surface area contributed by atoms with Crippen LogP contribution in [0.4, 0.5) is 5.95 Å². The smallest absolute Gasteiger partial charge is 0.225 e. The van der Waals surface area contributed by atoms with Crippen molar-refractivity contribution >= 4 is 5.95 Å². The zero-order valence-electron chi connectivity index (χ0n) is 15.5. The summed E-state index contributed by atoms with van der Waals surface area (Å²) in [6.07, 6.45) is 10.5. The van der Waals surface area contributed by atoms with Crippen molar-refractivity contribution in [3.8, 4) is 0 Å². The molecule has 2 bridgehead atoms. The summed E-state index contributed by atoms with van der Waals surface area (Å²) >= 11 is 0. The first kappa shape index (κ1) is 16.2. The minimum atomic E-state index is 0.443. The molecule has 2 aliphatic heterocycles. The van der Waals surface area contributed by atoms with Gasteiger partial charge < -0.3 is 10.2 Å². The zero-order chi connectivity index (χ0) is 17.6. The Labute approximate surface area is 154 Å². The molecule has 2 aliphatic carbocycles. The molecule has 4 heterocycles. The Bertz CT molecular complexity index is 772. The molecule has 4 fully saturated rings. The molecule has 0 amide bonds. The van der Waals surface area contributed by atoms with Gasteiger partial charge in [0.1, 0.15) is 0 Å². The number of nitrogens with zero attached hydrogens (tertiary/aromatic N) is 4. The highest BCUT2D eigenvalue weighted by Crippen LogP contribution is 2.52. The first-order valence-corrected chi connectivity index (χ1v) is 10.0. The van der Waals surface area contributed by atoms with Crippen LogP contribution < -0.4 is 10.2 Å². The zero-order valence-corrected chi connectivity index (χ0v) is 15.5. The molecule has 0 radical (unpaired) electrons. The van der Waals surface area contributed by atoms with Gasteiger partial charge in [-0.15, -0.1) is 0 Å². The standard InChI is InChI=1S/C20H28N6/c1-21-12-20-10-17(11-20)26(13-20)19-22-7-6-15(23-19)8-16-9-18(25-24-16)14-4-2-3-5-14/h6-7,9,14,17,21H,2-5,8,10-13H2,1H3,(H,24,25). The molecule has 0 aromatic carbocycles. The normalized spacial score (nSPS) is 27.9. The Morgan fingerprint density at radius 3 is 2.96 bits per heavy atom. The van der Waals surface area contributed by atoms with Crippen LogP contribution in [-0.2, 0) is 6.42 Å². The molecule has 6 nitrogen and oxygen atoms in total. The molecule has 2 saturated heterocycles. The maximum atomic E-state index is 4.87. The number of anilines is 1. The Hall–Kier alpha value is -1.95. The van der Waals surface area contributed by atoms with Crippen molar-refractivity contribution in [1.82, 2.24) is 25.5 Å². The fraction of sp³-hybridized carbons (Fsp3) is 0.650. The molecule has 4 aliphatic rings. The summed E-state index contributed by atoms with van der Waals surface area (Å²) < 4.78 is 0. The highest BCUT2D eigenvalue weighted by Gasteiger charge is 2.55. The summed E-state index contributed by atoms with van der Waals surface area (Å²) in [5.74, 6) is 1.55. The van der Waals surface area contributed by atoms with Gasteiger partial charge in [0.05, 0.1) is 11.4 Å². The van der Waals surface area contributed by atoms with Gasteiger partial charge in [0.25, 0.3) is 0 Å². The van der Waals surface area contributed by atoms with E-state index in [4.69, 9.17) is 4.98 Å². The minimum Gasteiger partial charge on any atom is -0.337 e. The van der Waals surface area contributed by atoms with Crippen molar-refractivity contribution in [2.45, 2.75) is 56.9 Å². The van der Waals surface area contributed by atoms with Crippen molar-refractivity contribution in [2.75, 3.05) is 25.0 Å². The van der Waals surface area contributed by atoms with E-state index in [0.29, 0.717) is 17.4 Å². The van der Waals surface area contributed by atoms with Crippen LogP contribution in [0.15, 0.2) is 18.3 Å². The van der Waals surface area contributed by atoms with E-state index < -0.39 is 0 Å². The van der Waals surface area contributed by atoms with Crippen LogP contribution >= 0.6 is 0 Å². The van der Waals surface area contributed by atoms with Crippen molar-refractivity contribution in [1.29, 1.82) is 0 Å². The Morgan fingerprint density at radius 1 is 1.31 bits per heavy atom. The highest BCUT2D eigenvalue weighted by atomic mass is 15.3. The first-order chi connectivity index (χ1) is 12.7. The second-order valence-electron chi connectivity index (χ2n) is 8.54. The number of aromatic amines is 1. The lowest BCUT2D eigenvalue weighted by Crippen LogP contribution is -2.41. The number of fused-ring (bicyclic) bond motifs is 1. The molecule has 6 rings (SSSR count). The van der Waals surface area contributed by atoms with E-state index in [0.717, 1.165) is 36.8 Å². The van der Waals surface area contributed by atoms with Crippen molar-refractivity contribution in [2.24, 2.45) is 5.41 Å². The van der Waals surface area contributed by atoms with Crippen LogP contribution in [0.25, 0.3) is 0 Å². The number of aromatic nitrogens is 4. The summed E-state index contributed by atoms with van der Waals surface area (Å²) in [5, 5.41) is 11.1. The average Bonchev–Trinajstić information content (AvgIpc) is 3.38. The quantitative estimate of drug-likeness (QED) is 0.836. The topological polar surface area (TPSA) is 69.7 Å². The maximum Gasteiger partial charge on any atom is 0.225 e. The highest BCUT2D eigenvalue weighted by molar-refractivity contribution is 5.40. The van der Waals surface area contributed by atoms with Crippen LogP contribution in [0.1, 0.15) is 61.5 Å². The minimum absolute atomic E-state index is 0.443. The van der Waals surface area contributed by atoms with E-state index in [2.05, 4.69) is 31.5 Å². The summed E-state index contributed by atoms with van der Waals surface area (Å²) in [6.45, 7) is 2.18. The second kappa shape index (κ2) is 6.34. The summed E-state index contributed by atoms with van der Waals surface area (Å²) in [4.78, 5) is 11.9. The Balaban J connectivity index is 1.29. The first-order valence-electron chi connectivity index (χ1n) is 10.0. The van der Waals surface area contributed by atoms with Crippen molar-refractivity contribution in [3.05, 3.63) is 35.4 Å². The van der Waals surface area contributed by atoms with Gasteiger partial charge in [-0.3, -0.25) is 5.10 Å².